The van der Waals surface area contributed by atoms with Gasteiger partial charge in [0.25, 0.3) is 0 Å². The van der Waals surface area contributed by atoms with Gasteiger partial charge < -0.3 is 5.32 Å². The molecule has 78 valence electrons. The first-order valence-corrected chi connectivity index (χ1v) is 5.62. The van der Waals surface area contributed by atoms with Crippen molar-refractivity contribution in [2.75, 3.05) is 26.2 Å². The minimum Gasteiger partial charge on any atom is -0.317 e. The van der Waals surface area contributed by atoms with Gasteiger partial charge in [0.1, 0.15) is 0 Å². The van der Waals surface area contributed by atoms with Crippen LogP contribution in [-0.2, 0) is 0 Å². The van der Waals surface area contributed by atoms with E-state index >= 15 is 0 Å². The molecule has 13 heavy (non-hydrogen) atoms. The molecule has 0 aromatic carbocycles. The van der Waals surface area contributed by atoms with Crippen LogP contribution in [-0.4, -0.2) is 36.6 Å². The molecule has 0 radical (unpaired) electrons. The molecule has 1 heterocycles. The van der Waals surface area contributed by atoms with E-state index in [9.17, 15) is 0 Å². The van der Waals surface area contributed by atoms with E-state index in [4.69, 9.17) is 0 Å². The molecule has 1 rings (SSSR count). The standard InChI is InChI=1S/C11H24N2/c1-4-9-13-10-5-7-12-8-6-11(13,2)3/h12H,4-10H2,1-3H3. The molecule has 1 aliphatic heterocycles. The van der Waals surface area contributed by atoms with Gasteiger partial charge in [0, 0.05) is 5.54 Å². The van der Waals surface area contributed by atoms with Crippen molar-refractivity contribution in [2.24, 2.45) is 0 Å². The van der Waals surface area contributed by atoms with Crippen LogP contribution in [0.3, 0.4) is 0 Å². The fourth-order valence-electron chi connectivity index (χ4n) is 2.06. The summed E-state index contributed by atoms with van der Waals surface area (Å²) in [7, 11) is 0. The quantitative estimate of drug-likeness (QED) is 0.704. The highest BCUT2D eigenvalue weighted by Crippen LogP contribution is 2.20. The number of hydrogen-bond acceptors (Lipinski definition) is 2. The smallest absolute Gasteiger partial charge is 0.0165 e. The summed E-state index contributed by atoms with van der Waals surface area (Å²) in [6.07, 6.45) is 3.84. The van der Waals surface area contributed by atoms with E-state index in [0.717, 1.165) is 0 Å². The third-order valence-corrected chi connectivity index (χ3v) is 3.04. The predicted octanol–water partition coefficient (Wildman–Crippen LogP) is 1.86. The third-order valence-electron chi connectivity index (χ3n) is 3.04. The summed E-state index contributed by atoms with van der Waals surface area (Å²) in [5, 5.41) is 3.48. The average molecular weight is 184 g/mol. The molecule has 2 nitrogen and oxygen atoms in total. The van der Waals surface area contributed by atoms with E-state index in [1.807, 2.05) is 0 Å². The first kappa shape index (κ1) is 11.0. The number of hydrogen-bond donors (Lipinski definition) is 1. The summed E-state index contributed by atoms with van der Waals surface area (Å²) in [5.41, 5.74) is 0.392. The van der Waals surface area contributed by atoms with Crippen LogP contribution in [0.1, 0.15) is 40.0 Å². The Morgan fingerprint density at radius 3 is 2.77 bits per heavy atom. The van der Waals surface area contributed by atoms with E-state index in [-0.39, 0.29) is 0 Å². The average Bonchev–Trinajstić information content (AvgIpc) is 2.06. The molecule has 0 unspecified atom stereocenters. The molecular formula is C11H24N2. The molecule has 1 saturated heterocycles. The second-order valence-electron chi connectivity index (χ2n) is 4.65. The second-order valence-corrected chi connectivity index (χ2v) is 4.65. The Balaban J connectivity index is 2.51. The molecular weight excluding hydrogens is 160 g/mol. The minimum atomic E-state index is 0.392. The van der Waals surface area contributed by atoms with Crippen molar-refractivity contribution < 1.29 is 0 Å². The molecule has 0 amide bonds. The Morgan fingerprint density at radius 2 is 2.08 bits per heavy atom. The van der Waals surface area contributed by atoms with Crippen LogP contribution in [0.5, 0.6) is 0 Å². The fourth-order valence-corrected chi connectivity index (χ4v) is 2.06. The van der Waals surface area contributed by atoms with Gasteiger partial charge in [-0.25, -0.2) is 0 Å². The van der Waals surface area contributed by atoms with Gasteiger partial charge in [0.15, 0.2) is 0 Å². The van der Waals surface area contributed by atoms with E-state index in [1.165, 1.54) is 45.4 Å². The molecule has 0 saturated carbocycles. The molecule has 1 N–H and O–H groups in total. The lowest BCUT2D eigenvalue weighted by Gasteiger charge is -2.40. The zero-order valence-electron chi connectivity index (χ0n) is 9.40. The molecule has 1 fully saturated rings. The highest BCUT2D eigenvalue weighted by Gasteiger charge is 2.26. The Labute approximate surface area is 82.7 Å². The summed E-state index contributed by atoms with van der Waals surface area (Å²) in [6.45, 7) is 11.9. The lowest BCUT2D eigenvalue weighted by Crippen LogP contribution is -2.48. The highest BCUT2D eigenvalue weighted by atomic mass is 15.2. The first-order chi connectivity index (χ1) is 6.17. The normalized spacial score (nSPS) is 25.2. The van der Waals surface area contributed by atoms with Crippen molar-refractivity contribution in [2.45, 2.75) is 45.6 Å². The van der Waals surface area contributed by atoms with Crippen LogP contribution in [0.15, 0.2) is 0 Å². The van der Waals surface area contributed by atoms with Crippen molar-refractivity contribution in [3.05, 3.63) is 0 Å². The Morgan fingerprint density at radius 1 is 1.31 bits per heavy atom. The van der Waals surface area contributed by atoms with Gasteiger partial charge in [-0.15, -0.1) is 0 Å². The van der Waals surface area contributed by atoms with E-state index < -0.39 is 0 Å². The van der Waals surface area contributed by atoms with Gasteiger partial charge in [-0.05, 0) is 59.3 Å². The van der Waals surface area contributed by atoms with E-state index in [0.29, 0.717) is 5.54 Å². The number of nitrogens with one attached hydrogen (secondary N) is 1. The van der Waals surface area contributed by atoms with Crippen molar-refractivity contribution in [1.29, 1.82) is 0 Å². The summed E-state index contributed by atoms with van der Waals surface area (Å²) < 4.78 is 0. The van der Waals surface area contributed by atoms with Gasteiger partial charge in [-0.2, -0.15) is 0 Å². The maximum absolute atomic E-state index is 3.48. The molecule has 0 aromatic rings. The minimum absolute atomic E-state index is 0.392. The van der Waals surface area contributed by atoms with Gasteiger partial charge >= 0.3 is 0 Å². The van der Waals surface area contributed by atoms with Crippen LogP contribution in [0.25, 0.3) is 0 Å². The lowest BCUT2D eigenvalue weighted by atomic mass is 9.96. The Bertz CT molecular complexity index is 143. The number of rotatable bonds is 2. The Hall–Kier alpha value is -0.0800. The number of nitrogens with zero attached hydrogens (tertiary/aromatic N) is 1. The summed E-state index contributed by atoms with van der Waals surface area (Å²) in [6, 6.07) is 0. The highest BCUT2D eigenvalue weighted by molar-refractivity contribution is 4.83. The maximum atomic E-state index is 3.48. The fraction of sp³-hybridized carbons (Fsp3) is 1.00. The van der Waals surface area contributed by atoms with Gasteiger partial charge in [0.2, 0.25) is 0 Å². The van der Waals surface area contributed by atoms with Gasteiger partial charge in [0.05, 0.1) is 0 Å². The SMILES string of the molecule is CCCN1CCCNCCC1(C)C. The van der Waals surface area contributed by atoms with Crippen molar-refractivity contribution >= 4 is 0 Å². The van der Waals surface area contributed by atoms with Crippen LogP contribution < -0.4 is 5.32 Å². The molecule has 0 aliphatic carbocycles. The van der Waals surface area contributed by atoms with Gasteiger partial charge in [-0.1, -0.05) is 6.92 Å². The predicted molar refractivity (Wildman–Crippen MR) is 58.0 cm³/mol. The summed E-state index contributed by atoms with van der Waals surface area (Å²) in [5.74, 6) is 0. The third kappa shape index (κ3) is 3.28. The summed E-state index contributed by atoms with van der Waals surface area (Å²) >= 11 is 0. The zero-order chi connectivity index (χ0) is 9.73. The van der Waals surface area contributed by atoms with Crippen molar-refractivity contribution in [3.8, 4) is 0 Å². The molecule has 0 bridgehead atoms. The topological polar surface area (TPSA) is 15.3 Å². The Kier molecular flexibility index (Phi) is 4.20. The van der Waals surface area contributed by atoms with Crippen molar-refractivity contribution in [3.63, 3.8) is 0 Å². The lowest BCUT2D eigenvalue weighted by molar-refractivity contribution is 0.101. The van der Waals surface area contributed by atoms with Crippen LogP contribution in [0, 0.1) is 0 Å². The first-order valence-electron chi connectivity index (χ1n) is 5.62. The van der Waals surface area contributed by atoms with E-state index in [2.05, 4.69) is 31.0 Å². The van der Waals surface area contributed by atoms with Crippen LogP contribution in [0.4, 0.5) is 0 Å². The summed E-state index contributed by atoms with van der Waals surface area (Å²) in [4.78, 5) is 2.65. The molecule has 0 atom stereocenters. The largest absolute Gasteiger partial charge is 0.317 e. The van der Waals surface area contributed by atoms with Crippen LogP contribution in [0.2, 0.25) is 0 Å². The van der Waals surface area contributed by atoms with Crippen LogP contribution >= 0.6 is 0 Å². The van der Waals surface area contributed by atoms with E-state index in [1.54, 1.807) is 0 Å². The molecule has 0 aromatic heterocycles. The van der Waals surface area contributed by atoms with Crippen molar-refractivity contribution in [1.82, 2.24) is 10.2 Å². The maximum Gasteiger partial charge on any atom is 0.0165 e. The molecule has 1 aliphatic rings. The second kappa shape index (κ2) is 4.97. The molecule has 2 heteroatoms. The van der Waals surface area contributed by atoms with Gasteiger partial charge in [-0.3, -0.25) is 4.90 Å². The zero-order valence-corrected chi connectivity index (χ0v) is 9.40. The monoisotopic (exact) mass is 184 g/mol. The molecule has 0 spiro atoms.